The summed E-state index contributed by atoms with van der Waals surface area (Å²) in [4.78, 5) is 14.4. The standard InChI is InChI=1S/C18H26N4S/c1-12(2)14(22-8-3-4-9-22)10-19-17-16-13-6-5-7-15(13)23-18(16)21-11-20-17/h11-12,14H,3-10H2,1-2H3,(H,19,20,21). The highest BCUT2D eigenvalue weighted by Gasteiger charge is 2.26. The SMILES string of the molecule is CC(C)C(CNc1ncnc2sc3c(c12)CCC3)N1CCCC1. The van der Waals surface area contributed by atoms with Crippen molar-refractivity contribution >= 4 is 27.4 Å². The summed E-state index contributed by atoms with van der Waals surface area (Å²) < 4.78 is 0. The summed E-state index contributed by atoms with van der Waals surface area (Å²) in [6.07, 6.45) is 8.11. The molecule has 0 amide bonds. The maximum absolute atomic E-state index is 4.58. The first-order valence-electron chi connectivity index (χ1n) is 8.97. The Balaban J connectivity index is 1.57. The zero-order chi connectivity index (χ0) is 15.8. The predicted molar refractivity (Wildman–Crippen MR) is 97.4 cm³/mol. The monoisotopic (exact) mass is 330 g/mol. The number of anilines is 1. The van der Waals surface area contributed by atoms with Crippen molar-refractivity contribution in [3.8, 4) is 0 Å². The summed E-state index contributed by atoms with van der Waals surface area (Å²) in [5.41, 5.74) is 1.51. The molecule has 0 aromatic carbocycles. The molecule has 1 aliphatic heterocycles. The van der Waals surface area contributed by atoms with Gasteiger partial charge in [-0.2, -0.15) is 0 Å². The second kappa shape index (κ2) is 6.36. The van der Waals surface area contributed by atoms with Crippen LogP contribution >= 0.6 is 11.3 Å². The van der Waals surface area contributed by atoms with Crippen LogP contribution in [-0.4, -0.2) is 40.5 Å². The Morgan fingerprint density at radius 2 is 2.00 bits per heavy atom. The number of aryl methyl sites for hydroxylation is 2. The molecular formula is C18H26N4S. The van der Waals surface area contributed by atoms with Crippen molar-refractivity contribution in [2.75, 3.05) is 25.0 Å². The normalized spacial score (nSPS) is 19.6. The van der Waals surface area contributed by atoms with Crippen molar-refractivity contribution in [1.29, 1.82) is 0 Å². The lowest BCUT2D eigenvalue weighted by molar-refractivity contribution is 0.201. The topological polar surface area (TPSA) is 41.1 Å². The highest BCUT2D eigenvalue weighted by Crippen LogP contribution is 2.39. The molecule has 0 spiro atoms. The Kier molecular flexibility index (Phi) is 4.24. The molecule has 1 saturated heterocycles. The number of nitrogens with zero attached hydrogens (tertiary/aromatic N) is 3. The Bertz CT molecular complexity index is 688. The van der Waals surface area contributed by atoms with Crippen LogP contribution in [0, 0.1) is 5.92 Å². The summed E-state index contributed by atoms with van der Waals surface area (Å²) >= 11 is 1.86. The second-order valence-corrected chi connectivity index (χ2v) is 8.28. The van der Waals surface area contributed by atoms with E-state index in [2.05, 4.69) is 34.0 Å². The average molecular weight is 331 g/mol. The Labute approximate surface area is 142 Å². The highest BCUT2D eigenvalue weighted by atomic mass is 32.1. The van der Waals surface area contributed by atoms with E-state index in [0.717, 1.165) is 17.2 Å². The van der Waals surface area contributed by atoms with E-state index in [4.69, 9.17) is 0 Å². The third kappa shape index (κ3) is 2.85. The van der Waals surface area contributed by atoms with Crippen LogP contribution in [0.4, 0.5) is 5.82 Å². The number of hydrogen-bond donors (Lipinski definition) is 1. The van der Waals surface area contributed by atoms with Gasteiger partial charge in [0.25, 0.3) is 0 Å². The summed E-state index contributed by atoms with van der Waals surface area (Å²) in [6.45, 7) is 8.15. The molecule has 1 aliphatic carbocycles. The Morgan fingerprint density at radius 3 is 2.78 bits per heavy atom. The van der Waals surface area contributed by atoms with Crippen molar-refractivity contribution in [3.05, 3.63) is 16.8 Å². The molecule has 0 radical (unpaired) electrons. The van der Waals surface area contributed by atoms with Crippen molar-refractivity contribution in [3.63, 3.8) is 0 Å². The number of hydrogen-bond acceptors (Lipinski definition) is 5. The van der Waals surface area contributed by atoms with E-state index in [0.29, 0.717) is 12.0 Å². The summed E-state index contributed by atoms with van der Waals surface area (Å²) in [5, 5.41) is 4.98. The summed E-state index contributed by atoms with van der Waals surface area (Å²) in [7, 11) is 0. The third-order valence-corrected chi connectivity index (χ3v) is 6.56. The Morgan fingerprint density at radius 1 is 1.17 bits per heavy atom. The lowest BCUT2D eigenvalue weighted by Crippen LogP contribution is -2.42. The molecule has 23 heavy (non-hydrogen) atoms. The molecule has 2 aliphatic rings. The number of rotatable bonds is 5. The number of aromatic nitrogens is 2. The van der Waals surface area contributed by atoms with Crippen LogP contribution in [0.1, 0.15) is 43.6 Å². The smallest absolute Gasteiger partial charge is 0.138 e. The molecule has 2 aromatic rings. The molecule has 3 heterocycles. The molecule has 5 heteroatoms. The third-order valence-electron chi connectivity index (χ3n) is 5.36. The van der Waals surface area contributed by atoms with Gasteiger partial charge in [0.1, 0.15) is 17.0 Å². The van der Waals surface area contributed by atoms with Gasteiger partial charge in [0.15, 0.2) is 0 Å². The van der Waals surface area contributed by atoms with Crippen molar-refractivity contribution in [2.24, 2.45) is 5.92 Å². The van der Waals surface area contributed by atoms with Crippen LogP contribution in [-0.2, 0) is 12.8 Å². The van der Waals surface area contributed by atoms with Gasteiger partial charge in [-0.05, 0) is 56.7 Å². The zero-order valence-corrected chi connectivity index (χ0v) is 15.0. The van der Waals surface area contributed by atoms with Gasteiger partial charge in [-0.1, -0.05) is 13.8 Å². The summed E-state index contributed by atoms with van der Waals surface area (Å²) in [5.74, 6) is 1.71. The maximum atomic E-state index is 4.58. The van der Waals surface area contributed by atoms with Crippen LogP contribution in [0.5, 0.6) is 0 Å². The molecule has 0 saturated carbocycles. The van der Waals surface area contributed by atoms with Crippen molar-refractivity contribution in [2.45, 2.75) is 52.0 Å². The lowest BCUT2D eigenvalue weighted by Gasteiger charge is -2.31. The van der Waals surface area contributed by atoms with E-state index in [1.165, 1.54) is 61.0 Å². The van der Waals surface area contributed by atoms with Gasteiger partial charge in [0, 0.05) is 17.5 Å². The Hall–Kier alpha value is -1.20. The van der Waals surface area contributed by atoms with E-state index in [1.54, 1.807) is 6.33 Å². The van der Waals surface area contributed by atoms with Gasteiger partial charge in [0.05, 0.1) is 5.39 Å². The first kappa shape index (κ1) is 15.3. The zero-order valence-electron chi connectivity index (χ0n) is 14.1. The molecule has 1 N–H and O–H groups in total. The van der Waals surface area contributed by atoms with Crippen LogP contribution in [0.15, 0.2) is 6.33 Å². The molecule has 1 atom stereocenters. The van der Waals surface area contributed by atoms with Crippen molar-refractivity contribution < 1.29 is 0 Å². The second-order valence-electron chi connectivity index (χ2n) is 7.20. The first-order valence-corrected chi connectivity index (χ1v) is 9.79. The fourth-order valence-electron chi connectivity index (χ4n) is 4.12. The number of fused-ring (bicyclic) bond motifs is 3. The first-order chi connectivity index (χ1) is 11.2. The van der Waals surface area contributed by atoms with Gasteiger partial charge in [-0.25, -0.2) is 9.97 Å². The fourth-order valence-corrected chi connectivity index (χ4v) is 5.35. The van der Waals surface area contributed by atoms with Gasteiger partial charge < -0.3 is 5.32 Å². The minimum atomic E-state index is 0.592. The summed E-state index contributed by atoms with van der Waals surface area (Å²) in [6, 6.07) is 0.592. The van der Waals surface area contributed by atoms with Crippen LogP contribution in [0.25, 0.3) is 10.2 Å². The van der Waals surface area contributed by atoms with E-state index < -0.39 is 0 Å². The molecule has 1 unspecified atom stereocenters. The minimum absolute atomic E-state index is 0.592. The molecular weight excluding hydrogens is 304 g/mol. The lowest BCUT2D eigenvalue weighted by atomic mass is 10.0. The maximum Gasteiger partial charge on any atom is 0.138 e. The van der Waals surface area contributed by atoms with E-state index in [-0.39, 0.29) is 0 Å². The van der Waals surface area contributed by atoms with Crippen LogP contribution in [0.3, 0.4) is 0 Å². The van der Waals surface area contributed by atoms with E-state index in [9.17, 15) is 0 Å². The molecule has 2 aromatic heterocycles. The van der Waals surface area contributed by atoms with Gasteiger partial charge in [-0.3, -0.25) is 4.90 Å². The van der Waals surface area contributed by atoms with Crippen LogP contribution < -0.4 is 5.32 Å². The minimum Gasteiger partial charge on any atom is -0.368 e. The predicted octanol–water partition coefficient (Wildman–Crippen LogP) is 3.71. The number of likely N-dealkylation sites (tertiary alicyclic amines) is 1. The largest absolute Gasteiger partial charge is 0.368 e. The van der Waals surface area contributed by atoms with Gasteiger partial charge in [0.2, 0.25) is 0 Å². The molecule has 1 fully saturated rings. The van der Waals surface area contributed by atoms with E-state index in [1.807, 2.05) is 11.3 Å². The average Bonchev–Trinajstić information content (AvgIpc) is 3.23. The quantitative estimate of drug-likeness (QED) is 0.907. The molecule has 4 nitrogen and oxygen atoms in total. The molecule has 0 bridgehead atoms. The van der Waals surface area contributed by atoms with E-state index >= 15 is 0 Å². The van der Waals surface area contributed by atoms with Gasteiger partial charge in [-0.15, -0.1) is 11.3 Å². The van der Waals surface area contributed by atoms with Gasteiger partial charge >= 0.3 is 0 Å². The molecule has 124 valence electrons. The highest BCUT2D eigenvalue weighted by molar-refractivity contribution is 7.19. The van der Waals surface area contributed by atoms with Crippen LogP contribution in [0.2, 0.25) is 0 Å². The van der Waals surface area contributed by atoms with Crippen molar-refractivity contribution in [1.82, 2.24) is 14.9 Å². The number of nitrogens with one attached hydrogen (secondary N) is 1. The molecule has 4 rings (SSSR count). The fraction of sp³-hybridized carbons (Fsp3) is 0.667. The number of thiophene rings is 1.